The number of aryl methyl sites for hydroxylation is 1. The molecule has 2 aromatic heterocycles. The Bertz CT molecular complexity index is 760. The minimum absolute atomic E-state index is 0.203. The Balaban J connectivity index is 1.98. The van der Waals surface area contributed by atoms with E-state index in [1.54, 1.807) is 17.9 Å². The maximum absolute atomic E-state index is 12.1. The number of H-pyrrole nitrogens is 1. The van der Waals surface area contributed by atoms with E-state index >= 15 is 0 Å². The number of nitrogens with zero attached hydrogens (tertiary/aromatic N) is 3. The second-order valence-electron chi connectivity index (χ2n) is 4.08. The average molecular weight is 367 g/mol. The molecule has 6 nitrogen and oxygen atoms in total. The summed E-state index contributed by atoms with van der Waals surface area (Å²) in [4.78, 5) is 16.1. The van der Waals surface area contributed by atoms with Crippen LogP contribution < -0.4 is 5.32 Å². The van der Waals surface area contributed by atoms with Crippen LogP contribution in [0, 0.1) is 3.70 Å². The number of anilines is 1. The predicted molar refractivity (Wildman–Crippen MR) is 80.0 cm³/mol. The molecular weight excluding hydrogens is 357 g/mol. The first-order valence-corrected chi connectivity index (χ1v) is 6.65. The fraction of sp³-hybridized carbons (Fsp3) is 0.0833. The van der Waals surface area contributed by atoms with Crippen LogP contribution in [0.5, 0.6) is 0 Å². The highest BCUT2D eigenvalue weighted by Gasteiger charge is 2.13. The summed E-state index contributed by atoms with van der Waals surface area (Å²) >= 11 is 2.17. The molecule has 2 heterocycles. The number of aromatic nitrogens is 4. The van der Waals surface area contributed by atoms with Crippen molar-refractivity contribution in [2.24, 2.45) is 7.05 Å². The van der Waals surface area contributed by atoms with E-state index in [1.165, 1.54) is 6.20 Å². The summed E-state index contributed by atoms with van der Waals surface area (Å²) < 4.78 is 2.62. The lowest BCUT2D eigenvalue weighted by Gasteiger charge is -2.05. The monoisotopic (exact) mass is 367 g/mol. The van der Waals surface area contributed by atoms with Gasteiger partial charge in [-0.1, -0.05) is 6.07 Å². The summed E-state index contributed by atoms with van der Waals surface area (Å²) in [5, 5.41) is 11.0. The quantitative estimate of drug-likeness (QED) is 0.682. The van der Waals surface area contributed by atoms with E-state index in [0.717, 1.165) is 14.6 Å². The molecule has 0 saturated carbocycles. The molecule has 96 valence electrons. The molecule has 0 unspecified atom stereocenters. The lowest BCUT2D eigenvalue weighted by molar-refractivity contribution is 0.101. The number of imidazole rings is 1. The molecule has 1 amide bonds. The van der Waals surface area contributed by atoms with Crippen molar-refractivity contribution in [1.82, 2.24) is 19.7 Å². The van der Waals surface area contributed by atoms with Crippen LogP contribution in [0.2, 0.25) is 0 Å². The molecule has 0 atom stereocenters. The molecule has 7 heteroatoms. The van der Waals surface area contributed by atoms with E-state index < -0.39 is 0 Å². The summed E-state index contributed by atoms with van der Waals surface area (Å²) in [6.07, 6.45) is 3.12. The van der Waals surface area contributed by atoms with Gasteiger partial charge in [-0.3, -0.25) is 9.89 Å². The van der Waals surface area contributed by atoms with E-state index in [-0.39, 0.29) is 5.91 Å². The topological polar surface area (TPSA) is 75.6 Å². The smallest absolute Gasteiger partial charge is 0.273 e. The Kier molecular flexibility index (Phi) is 2.97. The first kappa shape index (κ1) is 12.2. The molecule has 0 spiro atoms. The van der Waals surface area contributed by atoms with Crippen LogP contribution in [0.1, 0.15) is 10.5 Å². The highest BCUT2D eigenvalue weighted by molar-refractivity contribution is 14.1. The SMILES string of the molecule is Cn1cncc1C(=O)Nc1cccc2c(I)[nH]nc12. The van der Waals surface area contributed by atoms with Gasteiger partial charge in [0.25, 0.3) is 5.91 Å². The number of nitrogens with one attached hydrogen (secondary N) is 2. The Morgan fingerprint density at radius 2 is 2.32 bits per heavy atom. The minimum atomic E-state index is -0.203. The fourth-order valence-electron chi connectivity index (χ4n) is 1.87. The van der Waals surface area contributed by atoms with E-state index in [1.807, 2.05) is 18.2 Å². The lowest BCUT2D eigenvalue weighted by Crippen LogP contribution is -2.15. The zero-order chi connectivity index (χ0) is 13.4. The third-order valence-electron chi connectivity index (χ3n) is 2.84. The van der Waals surface area contributed by atoms with Crippen LogP contribution in [0.4, 0.5) is 5.69 Å². The molecule has 2 N–H and O–H groups in total. The molecule has 0 bridgehead atoms. The number of hydrogen-bond acceptors (Lipinski definition) is 3. The minimum Gasteiger partial charge on any atom is -0.330 e. The van der Waals surface area contributed by atoms with Gasteiger partial charge in [0.2, 0.25) is 0 Å². The van der Waals surface area contributed by atoms with Crippen molar-refractivity contribution in [2.75, 3.05) is 5.32 Å². The van der Waals surface area contributed by atoms with Gasteiger partial charge in [0.05, 0.1) is 18.2 Å². The van der Waals surface area contributed by atoms with Crippen molar-refractivity contribution < 1.29 is 4.79 Å². The molecule has 1 aromatic carbocycles. The summed E-state index contributed by atoms with van der Waals surface area (Å²) in [5.41, 5.74) is 1.94. The number of fused-ring (bicyclic) bond motifs is 1. The number of carbonyl (C=O) groups excluding carboxylic acids is 1. The van der Waals surface area contributed by atoms with Gasteiger partial charge in [-0.15, -0.1) is 0 Å². The molecule has 0 aliphatic heterocycles. The van der Waals surface area contributed by atoms with E-state index in [4.69, 9.17) is 0 Å². The molecular formula is C12H10IN5O. The van der Waals surface area contributed by atoms with Gasteiger partial charge in [0, 0.05) is 12.4 Å². The summed E-state index contributed by atoms with van der Waals surface area (Å²) in [6.45, 7) is 0. The lowest BCUT2D eigenvalue weighted by atomic mass is 10.2. The maximum atomic E-state index is 12.1. The van der Waals surface area contributed by atoms with E-state index in [9.17, 15) is 4.79 Å². The number of aromatic amines is 1. The highest BCUT2D eigenvalue weighted by atomic mass is 127. The molecule has 0 fully saturated rings. The van der Waals surface area contributed by atoms with Gasteiger partial charge in [0.15, 0.2) is 0 Å². The Morgan fingerprint density at radius 3 is 3.05 bits per heavy atom. The fourth-order valence-corrected chi connectivity index (χ4v) is 2.43. The summed E-state index contributed by atoms with van der Waals surface area (Å²) in [7, 11) is 1.78. The average Bonchev–Trinajstić information content (AvgIpc) is 2.97. The normalized spacial score (nSPS) is 10.8. The van der Waals surface area contributed by atoms with Crippen LogP contribution in [0.15, 0.2) is 30.7 Å². The summed E-state index contributed by atoms with van der Waals surface area (Å²) in [5.74, 6) is -0.203. The Labute approximate surface area is 122 Å². The van der Waals surface area contributed by atoms with Crippen molar-refractivity contribution in [2.45, 2.75) is 0 Å². The van der Waals surface area contributed by atoms with Crippen molar-refractivity contribution in [3.05, 3.63) is 40.1 Å². The van der Waals surface area contributed by atoms with Gasteiger partial charge < -0.3 is 9.88 Å². The van der Waals surface area contributed by atoms with Crippen LogP contribution in [-0.4, -0.2) is 25.7 Å². The molecule has 19 heavy (non-hydrogen) atoms. The molecule has 3 rings (SSSR count). The van der Waals surface area contributed by atoms with Gasteiger partial charge >= 0.3 is 0 Å². The first-order valence-electron chi connectivity index (χ1n) is 5.57. The summed E-state index contributed by atoms with van der Waals surface area (Å²) in [6, 6.07) is 5.67. The van der Waals surface area contributed by atoms with Crippen LogP contribution in [-0.2, 0) is 7.05 Å². The predicted octanol–water partition coefficient (Wildman–Crippen LogP) is 2.15. The number of amides is 1. The number of benzene rings is 1. The molecule has 3 aromatic rings. The molecule has 0 aliphatic carbocycles. The first-order chi connectivity index (χ1) is 9.16. The van der Waals surface area contributed by atoms with Crippen molar-refractivity contribution in [1.29, 1.82) is 0 Å². The zero-order valence-electron chi connectivity index (χ0n) is 10.0. The van der Waals surface area contributed by atoms with Gasteiger partial charge in [-0.05, 0) is 34.7 Å². The standard InChI is InChI=1S/C12H10IN5O/c1-18-6-14-5-9(18)12(19)15-8-4-2-3-7-10(8)16-17-11(7)13/h2-6H,1H3,(H,15,19)(H,16,17). The van der Waals surface area contributed by atoms with Crippen molar-refractivity contribution in [3.63, 3.8) is 0 Å². The Hall–Kier alpha value is -1.90. The number of halogens is 1. The molecule has 0 radical (unpaired) electrons. The number of hydrogen-bond donors (Lipinski definition) is 2. The third kappa shape index (κ3) is 2.09. The number of rotatable bonds is 2. The third-order valence-corrected chi connectivity index (χ3v) is 3.66. The van der Waals surface area contributed by atoms with Crippen LogP contribution in [0.3, 0.4) is 0 Å². The van der Waals surface area contributed by atoms with Gasteiger partial charge in [0.1, 0.15) is 14.9 Å². The maximum Gasteiger partial charge on any atom is 0.273 e. The van der Waals surface area contributed by atoms with Crippen LogP contribution in [0.25, 0.3) is 10.9 Å². The van der Waals surface area contributed by atoms with Crippen LogP contribution >= 0.6 is 22.6 Å². The van der Waals surface area contributed by atoms with E-state index in [2.05, 4.69) is 43.1 Å². The zero-order valence-corrected chi connectivity index (χ0v) is 12.2. The second-order valence-corrected chi connectivity index (χ2v) is 5.16. The Morgan fingerprint density at radius 1 is 1.47 bits per heavy atom. The van der Waals surface area contributed by atoms with Gasteiger partial charge in [-0.2, -0.15) is 5.10 Å². The second kappa shape index (κ2) is 4.65. The van der Waals surface area contributed by atoms with E-state index in [0.29, 0.717) is 11.4 Å². The van der Waals surface area contributed by atoms with Gasteiger partial charge in [-0.25, -0.2) is 4.98 Å². The molecule has 0 aliphatic rings. The molecule has 0 saturated heterocycles. The number of para-hydroxylation sites is 1. The highest BCUT2D eigenvalue weighted by Crippen LogP contribution is 2.24. The van der Waals surface area contributed by atoms with Crippen molar-refractivity contribution in [3.8, 4) is 0 Å². The largest absolute Gasteiger partial charge is 0.330 e. The number of carbonyl (C=O) groups is 1. The van der Waals surface area contributed by atoms with Crippen molar-refractivity contribution >= 4 is 45.1 Å².